The van der Waals surface area contributed by atoms with Crippen LogP contribution in [-0.2, 0) is 5.41 Å². The maximum absolute atomic E-state index is 2.42. The Balaban J connectivity index is 1.59. The van der Waals surface area contributed by atoms with Gasteiger partial charge < -0.3 is 0 Å². The smallest absolute Gasteiger partial charge is 0.0622 e. The molecule has 0 nitrogen and oxygen atoms in total. The number of hydrogen-bond donors (Lipinski definition) is 0. The van der Waals surface area contributed by atoms with Gasteiger partial charge in [-0.15, -0.1) is 0 Å². The van der Waals surface area contributed by atoms with Crippen molar-refractivity contribution in [1.29, 1.82) is 0 Å². The summed E-state index contributed by atoms with van der Waals surface area (Å²) < 4.78 is 0. The molecule has 174 valence electrons. The molecule has 0 heterocycles. The Hall–Kier alpha value is -4.68. The zero-order valence-corrected chi connectivity index (χ0v) is 20.5. The lowest BCUT2D eigenvalue weighted by Crippen LogP contribution is -2.28. The zero-order chi connectivity index (χ0) is 24.7. The van der Waals surface area contributed by atoms with Crippen molar-refractivity contribution in [3.63, 3.8) is 0 Å². The molecule has 0 unspecified atom stereocenters. The molecule has 0 N–H and O–H groups in total. The van der Waals surface area contributed by atoms with Gasteiger partial charge in [0, 0.05) is 0 Å². The minimum atomic E-state index is -0.414. The Labute approximate surface area is 218 Å². The third-order valence-corrected chi connectivity index (χ3v) is 7.77. The van der Waals surface area contributed by atoms with Crippen LogP contribution in [0.15, 0.2) is 158 Å². The molecule has 0 bridgehead atoms. The Morgan fingerprint density at radius 1 is 0.297 bits per heavy atom. The molecule has 0 spiro atoms. The summed E-state index contributed by atoms with van der Waals surface area (Å²) in [5.74, 6) is 0. The van der Waals surface area contributed by atoms with E-state index in [2.05, 4.69) is 158 Å². The molecule has 0 saturated carbocycles. The van der Waals surface area contributed by atoms with Crippen LogP contribution in [0.25, 0.3) is 33.4 Å². The van der Waals surface area contributed by atoms with Crippen molar-refractivity contribution in [3.05, 3.63) is 180 Å². The van der Waals surface area contributed by atoms with E-state index in [0.717, 1.165) is 0 Å². The Morgan fingerprint density at radius 2 is 0.649 bits per heavy atom. The third-order valence-electron chi connectivity index (χ3n) is 7.77. The van der Waals surface area contributed by atoms with E-state index in [0.29, 0.717) is 0 Å². The fraction of sp³-hybridized carbons (Fsp3) is 0.0270. The lowest BCUT2D eigenvalue weighted by atomic mass is 9.67. The molecule has 37 heavy (non-hydrogen) atoms. The molecule has 0 fully saturated rings. The summed E-state index contributed by atoms with van der Waals surface area (Å²) in [6.45, 7) is 0. The second-order valence-corrected chi connectivity index (χ2v) is 9.73. The molecule has 7 rings (SSSR count). The van der Waals surface area contributed by atoms with Crippen molar-refractivity contribution in [3.8, 4) is 33.4 Å². The minimum absolute atomic E-state index is 0.414. The van der Waals surface area contributed by atoms with Gasteiger partial charge in [-0.25, -0.2) is 0 Å². The molecule has 0 heteroatoms. The van der Waals surface area contributed by atoms with Crippen LogP contribution in [0.3, 0.4) is 0 Å². The van der Waals surface area contributed by atoms with Crippen molar-refractivity contribution in [2.75, 3.05) is 0 Å². The van der Waals surface area contributed by atoms with E-state index in [1.165, 1.54) is 55.6 Å². The van der Waals surface area contributed by atoms with Gasteiger partial charge in [0.2, 0.25) is 0 Å². The highest BCUT2D eigenvalue weighted by Gasteiger charge is 2.46. The quantitative estimate of drug-likeness (QED) is 0.240. The molecule has 0 saturated heterocycles. The van der Waals surface area contributed by atoms with E-state index >= 15 is 0 Å². The summed E-state index contributed by atoms with van der Waals surface area (Å²) in [5.41, 5.74) is 12.4. The molecular formula is C37H26. The van der Waals surface area contributed by atoms with Gasteiger partial charge in [0.05, 0.1) is 5.41 Å². The molecule has 0 atom stereocenters. The summed E-state index contributed by atoms with van der Waals surface area (Å²) in [6, 6.07) is 57.5. The highest BCUT2D eigenvalue weighted by molar-refractivity contribution is 5.90. The van der Waals surface area contributed by atoms with Crippen molar-refractivity contribution in [2.45, 2.75) is 5.41 Å². The summed E-state index contributed by atoms with van der Waals surface area (Å²) in [5, 5.41) is 0. The van der Waals surface area contributed by atoms with Crippen molar-refractivity contribution < 1.29 is 0 Å². The highest BCUT2D eigenvalue weighted by Crippen LogP contribution is 2.57. The largest absolute Gasteiger partial charge is 0.0713 e. The number of fused-ring (bicyclic) bond motifs is 3. The SMILES string of the molecule is c1ccc(-c2ccc3c(c2)C(c2ccccc2)(c2ccccc2)c2cc(-c4ccccc4)ccc2-3)cc1. The van der Waals surface area contributed by atoms with Gasteiger partial charge in [-0.05, 0) is 67.8 Å². The molecule has 0 radical (unpaired) electrons. The average molecular weight is 471 g/mol. The van der Waals surface area contributed by atoms with Crippen LogP contribution in [0.4, 0.5) is 0 Å². The fourth-order valence-corrected chi connectivity index (χ4v) is 6.11. The van der Waals surface area contributed by atoms with Crippen LogP contribution in [-0.4, -0.2) is 0 Å². The first kappa shape index (κ1) is 21.6. The lowest BCUT2D eigenvalue weighted by molar-refractivity contribution is 0.769. The topological polar surface area (TPSA) is 0 Å². The molecule has 6 aromatic rings. The van der Waals surface area contributed by atoms with Gasteiger partial charge in [0.1, 0.15) is 0 Å². The summed E-state index contributed by atoms with van der Waals surface area (Å²) in [6.07, 6.45) is 0. The van der Waals surface area contributed by atoms with Crippen molar-refractivity contribution in [2.24, 2.45) is 0 Å². The van der Waals surface area contributed by atoms with Gasteiger partial charge >= 0.3 is 0 Å². The van der Waals surface area contributed by atoms with Gasteiger partial charge in [-0.3, -0.25) is 0 Å². The third kappa shape index (κ3) is 3.37. The van der Waals surface area contributed by atoms with Crippen LogP contribution in [0, 0.1) is 0 Å². The van der Waals surface area contributed by atoms with Crippen LogP contribution in [0.2, 0.25) is 0 Å². The van der Waals surface area contributed by atoms with E-state index in [9.17, 15) is 0 Å². The highest BCUT2D eigenvalue weighted by atomic mass is 14.5. The second kappa shape index (κ2) is 8.76. The van der Waals surface area contributed by atoms with Crippen LogP contribution in [0.5, 0.6) is 0 Å². The van der Waals surface area contributed by atoms with Crippen LogP contribution >= 0.6 is 0 Å². The van der Waals surface area contributed by atoms with E-state index in [1.807, 2.05) is 0 Å². The summed E-state index contributed by atoms with van der Waals surface area (Å²) in [7, 11) is 0. The van der Waals surface area contributed by atoms with Crippen molar-refractivity contribution in [1.82, 2.24) is 0 Å². The Kier molecular flexibility index (Phi) is 5.11. The molecule has 1 aliphatic rings. The average Bonchev–Trinajstić information content (AvgIpc) is 3.29. The molecule has 0 aromatic heterocycles. The standard InChI is InChI=1S/C37H26/c1-5-13-27(14-6-1)29-21-23-33-34-24-22-30(28-15-7-2-8-16-28)26-36(34)37(35(33)25-29,31-17-9-3-10-18-31)32-19-11-4-12-20-32/h1-26H. The first-order chi connectivity index (χ1) is 18.4. The minimum Gasteiger partial charge on any atom is -0.0622 e. The van der Waals surface area contributed by atoms with Crippen molar-refractivity contribution >= 4 is 0 Å². The van der Waals surface area contributed by atoms with Crippen LogP contribution in [0.1, 0.15) is 22.3 Å². The molecular weight excluding hydrogens is 444 g/mol. The molecule has 6 aromatic carbocycles. The number of benzene rings is 6. The van der Waals surface area contributed by atoms with Gasteiger partial charge in [0.25, 0.3) is 0 Å². The maximum Gasteiger partial charge on any atom is 0.0713 e. The van der Waals surface area contributed by atoms with Crippen LogP contribution < -0.4 is 0 Å². The first-order valence-electron chi connectivity index (χ1n) is 12.9. The van der Waals surface area contributed by atoms with Gasteiger partial charge in [-0.2, -0.15) is 0 Å². The monoisotopic (exact) mass is 470 g/mol. The molecule has 0 aliphatic heterocycles. The first-order valence-corrected chi connectivity index (χ1v) is 12.9. The predicted octanol–water partition coefficient (Wildman–Crippen LogP) is 9.38. The summed E-state index contributed by atoms with van der Waals surface area (Å²) >= 11 is 0. The van der Waals surface area contributed by atoms with E-state index in [4.69, 9.17) is 0 Å². The lowest BCUT2D eigenvalue weighted by Gasteiger charge is -2.34. The number of hydrogen-bond acceptors (Lipinski definition) is 0. The maximum atomic E-state index is 2.42. The molecule has 1 aliphatic carbocycles. The van der Waals surface area contributed by atoms with E-state index in [-0.39, 0.29) is 0 Å². The zero-order valence-electron chi connectivity index (χ0n) is 20.5. The predicted molar refractivity (Wildman–Crippen MR) is 155 cm³/mol. The summed E-state index contributed by atoms with van der Waals surface area (Å²) in [4.78, 5) is 0. The Bertz CT molecular complexity index is 1550. The van der Waals surface area contributed by atoms with E-state index < -0.39 is 5.41 Å². The Morgan fingerprint density at radius 3 is 1.03 bits per heavy atom. The van der Waals surface area contributed by atoms with Gasteiger partial charge in [0.15, 0.2) is 0 Å². The normalized spacial score (nSPS) is 13.1. The van der Waals surface area contributed by atoms with E-state index in [1.54, 1.807) is 0 Å². The molecule has 0 amide bonds. The number of rotatable bonds is 4. The van der Waals surface area contributed by atoms with Gasteiger partial charge in [-0.1, -0.05) is 146 Å². The fourth-order valence-electron chi connectivity index (χ4n) is 6.11. The second-order valence-electron chi connectivity index (χ2n) is 9.73.